The van der Waals surface area contributed by atoms with E-state index in [1.54, 1.807) is 0 Å². The Morgan fingerprint density at radius 1 is 1.59 bits per heavy atom. The average Bonchev–Trinajstić information content (AvgIpc) is 2.99. The number of nitrogens with zero attached hydrogens (tertiary/aromatic N) is 2. The first-order valence-electron chi connectivity index (χ1n) is 6.60. The van der Waals surface area contributed by atoms with Gasteiger partial charge in [0.05, 0.1) is 19.0 Å². The van der Waals surface area contributed by atoms with Crippen molar-refractivity contribution in [2.75, 3.05) is 26.3 Å². The number of rotatable bonds is 2. The van der Waals surface area contributed by atoms with Gasteiger partial charge in [-0.05, 0) is 25.8 Å². The van der Waals surface area contributed by atoms with Crippen LogP contribution in [0.4, 0.5) is 0 Å². The van der Waals surface area contributed by atoms with Crippen molar-refractivity contribution >= 4 is 0 Å². The zero-order valence-electron chi connectivity index (χ0n) is 10.5. The Morgan fingerprint density at radius 2 is 2.53 bits per heavy atom. The summed E-state index contributed by atoms with van der Waals surface area (Å²) in [4.78, 5) is 4.37. The van der Waals surface area contributed by atoms with E-state index in [1.165, 1.54) is 18.5 Å². The zero-order valence-corrected chi connectivity index (χ0v) is 10.5. The Kier molecular flexibility index (Phi) is 2.92. The molecule has 2 saturated heterocycles. The van der Waals surface area contributed by atoms with Gasteiger partial charge in [-0.2, -0.15) is 0 Å². The Morgan fingerprint density at radius 3 is 3.24 bits per heavy atom. The standard InChI is InChI=1S/C13H21N3O/c1-13(4-5-14-9-13)12-7-15-10-16(12)11-3-2-6-17-8-11/h7,10-11,14H,2-6,8-9H2,1H3. The van der Waals surface area contributed by atoms with Gasteiger partial charge in [-0.3, -0.25) is 0 Å². The fourth-order valence-corrected chi connectivity index (χ4v) is 3.04. The summed E-state index contributed by atoms with van der Waals surface area (Å²) in [6, 6.07) is 0.485. The monoisotopic (exact) mass is 235 g/mol. The van der Waals surface area contributed by atoms with E-state index in [-0.39, 0.29) is 5.41 Å². The molecule has 2 unspecified atom stereocenters. The molecule has 2 aliphatic heterocycles. The third kappa shape index (κ3) is 2.00. The van der Waals surface area contributed by atoms with Crippen LogP contribution in [0.25, 0.3) is 0 Å². The number of hydrogen-bond acceptors (Lipinski definition) is 3. The number of aromatic nitrogens is 2. The van der Waals surface area contributed by atoms with Crippen LogP contribution >= 0.6 is 0 Å². The molecule has 1 aromatic rings. The van der Waals surface area contributed by atoms with Crippen molar-refractivity contribution in [1.29, 1.82) is 0 Å². The van der Waals surface area contributed by atoms with Crippen LogP contribution in [0.15, 0.2) is 12.5 Å². The van der Waals surface area contributed by atoms with E-state index in [0.29, 0.717) is 6.04 Å². The zero-order chi connectivity index (χ0) is 11.7. The molecular formula is C13H21N3O. The predicted molar refractivity (Wildman–Crippen MR) is 66.2 cm³/mol. The van der Waals surface area contributed by atoms with Crippen molar-refractivity contribution < 1.29 is 4.74 Å². The Balaban J connectivity index is 1.87. The highest BCUT2D eigenvalue weighted by Gasteiger charge is 2.34. The van der Waals surface area contributed by atoms with Crippen LogP contribution in [0.2, 0.25) is 0 Å². The molecule has 1 N–H and O–H groups in total. The van der Waals surface area contributed by atoms with Gasteiger partial charge in [0.1, 0.15) is 0 Å². The van der Waals surface area contributed by atoms with Gasteiger partial charge in [-0.25, -0.2) is 4.98 Å². The molecule has 0 radical (unpaired) electrons. The molecule has 2 atom stereocenters. The van der Waals surface area contributed by atoms with E-state index in [0.717, 1.165) is 32.7 Å². The minimum Gasteiger partial charge on any atom is -0.379 e. The summed E-state index contributed by atoms with van der Waals surface area (Å²) in [7, 11) is 0. The van der Waals surface area contributed by atoms with Crippen LogP contribution < -0.4 is 5.32 Å². The molecule has 4 nitrogen and oxygen atoms in total. The third-order valence-corrected chi connectivity index (χ3v) is 4.18. The van der Waals surface area contributed by atoms with Crippen molar-refractivity contribution in [2.45, 2.75) is 37.6 Å². The number of imidazole rings is 1. The maximum absolute atomic E-state index is 5.59. The molecule has 17 heavy (non-hydrogen) atoms. The number of ether oxygens (including phenoxy) is 1. The first-order valence-corrected chi connectivity index (χ1v) is 6.60. The van der Waals surface area contributed by atoms with Crippen molar-refractivity contribution in [3.8, 4) is 0 Å². The normalized spacial score (nSPS) is 34.1. The second-order valence-electron chi connectivity index (χ2n) is 5.54. The van der Waals surface area contributed by atoms with Gasteiger partial charge in [0.2, 0.25) is 0 Å². The minimum atomic E-state index is 0.244. The second-order valence-corrected chi connectivity index (χ2v) is 5.54. The van der Waals surface area contributed by atoms with Gasteiger partial charge in [0.25, 0.3) is 0 Å². The molecule has 0 spiro atoms. The van der Waals surface area contributed by atoms with Crippen molar-refractivity contribution in [3.05, 3.63) is 18.2 Å². The lowest BCUT2D eigenvalue weighted by molar-refractivity contribution is 0.0573. The summed E-state index contributed by atoms with van der Waals surface area (Å²) in [5, 5.41) is 3.46. The van der Waals surface area contributed by atoms with E-state index in [1.807, 2.05) is 12.5 Å². The van der Waals surface area contributed by atoms with E-state index < -0.39 is 0 Å². The second kappa shape index (κ2) is 4.42. The largest absolute Gasteiger partial charge is 0.379 e. The van der Waals surface area contributed by atoms with Crippen molar-refractivity contribution in [1.82, 2.24) is 14.9 Å². The summed E-state index contributed by atoms with van der Waals surface area (Å²) < 4.78 is 7.95. The molecule has 2 fully saturated rings. The minimum absolute atomic E-state index is 0.244. The van der Waals surface area contributed by atoms with E-state index in [4.69, 9.17) is 4.74 Å². The average molecular weight is 235 g/mol. The molecule has 1 aromatic heterocycles. The molecular weight excluding hydrogens is 214 g/mol. The molecule has 2 aliphatic rings. The first-order chi connectivity index (χ1) is 8.30. The van der Waals surface area contributed by atoms with Crippen molar-refractivity contribution in [2.24, 2.45) is 0 Å². The summed E-state index contributed by atoms with van der Waals surface area (Å²) in [6.07, 6.45) is 7.61. The van der Waals surface area contributed by atoms with Gasteiger partial charge in [0, 0.05) is 30.5 Å². The van der Waals surface area contributed by atoms with Crippen LogP contribution in [-0.2, 0) is 10.2 Å². The Labute approximate surface area is 102 Å². The molecule has 0 saturated carbocycles. The maximum Gasteiger partial charge on any atom is 0.0951 e. The lowest BCUT2D eigenvalue weighted by atomic mass is 9.86. The van der Waals surface area contributed by atoms with Crippen molar-refractivity contribution in [3.63, 3.8) is 0 Å². The highest BCUT2D eigenvalue weighted by atomic mass is 16.5. The topological polar surface area (TPSA) is 39.1 Å². The lowest BCUT2D eigenvalue weighted by Crippen LogP contribution is -2.31. The maximum atomic E-state index is 5.59. The highest BCUT2D eigenvalue weighted by molar-refractivity contribution is 5.18. The highest BCUT2D eigenvalue weighted by Crippen LogP contribution is 2.33. The molecule has 3 rings (SSSR count). The quantitative estimate of drug-likeness (QED) is 0.844. The summed E-state index contributed by atoms with van der Waals surface area (Å²) >= 11 is 0. The number of hydrogen-bond donors (Lipinski definition) is 1. The van der Waals surface area contributed by atoms with Crippen LogP contribution in [0, 0.1) is 0 Å². The fraction of sp³-hybridized carbons (Fsp3) is 0.769. The Bertz CT molecular complexity index is 376. The van der Waals surface area contributed by atoms with Gasteiger partial charge >= 0.3 is 0 Å². The molecule has 94 valence electrons. The predicted octanol–water partition coefficient (Wildman–Crippen LogP) is 1.49. The third-order valence-electron chi connectivity index (χ3n) is 4.18. The van der Waals surface area contributed by atoms with Crippen LogP contribution in [0.3, 0.4) is 0 Å². The summed E-state index contributed by atoms with van der Waals surface area (Å²) in [5.41, 5.74) is 1.62. The molecule has 3 heterocycles. The molecule has 0 aromatic carbocycles. The van der Waals surface area contributed by atoms with Gasteiger partial charge in [-0.15, -0.1) is 0 Å². The SMILES string of the molecule is CC1(c2cncn2C2CCCOC2)CCNC1. The van der Waals surface area contributed by atoms with Gasteiger partial charge in [-0.1, -0.05) is 6.92 Å². The molecule has 0 aliphatic carbocycles. The first kappa shape index (κ1) is 11.2. The summed E-state index contributed by atoms with van der Waals surface area (Å²) in [5.74, 6) is 0. The summed E-state index contributed by atoms with van der Waals surface area (Å²) in [6.45, 7) is 6.27. The number of nitrogens with one attached hydrogen (secondary N) is 1. The fourth-order valence-electron chi connectivity index (χ4n) is 3.04. The smallest absolute Gasteiger partial charge is 0.0951 e. The van der Waals surface area contributed by atoms with E-state index >= 15 is 0 Å². The Hall–Kier alpha value is -0.870. The molecule has 0 bridgehead atoms. The van der Waals surface area contributed by atoms with E-state index in [2.05, 4.69) is 21.8 Å². The van der Waals surface area contributed by atoms with E-state index in [9.17, 15) is 0 Å². The van der Waals surface area contributed by atoms with Crippen LogP contribution in [-0.4, -0.2) is 35.9 Å². The molecule has 0 amide bonds. The molecule has 4 heteroatoms. The lowest BCUT2D eigenvalue weighted by Gasteiger charge is -2.30. The van der Waals surface area contributed by atoms with Gasteiger partial charge < -0.3 is 14.6 Å². The van der Waals surface area contributed by atoms with Crippen LogP contribution in [0.1, 0.15) is 37.9 Å². The van der Waals surface area contributed by atoms with Gasteiger partial charge in [0.15, 0.2) is 0 Å². The van der Waals surface area contributed by atoms with Crippen LogP contribution in [0.5, 0.6) is 0 Å².